The lowest BCUT2D eigenvalue weighted by atomic mass is 10.2. The maximum absolute atomic E-state index is 12.5. The predicted octanol–water partition coefficient (Wildman–Crippen LogP) is 4.25. The van der Waals surface area contributed by atoms with Crippen molar-refractivity contribution in [3.8, 4) is 11.5 Å². The molecule has 1 heterocycles. The van der Waals surface area contributed by atoms with Crippen molar-refractivity contribution in [1.82, 2.24) is 20.1 Å². The van der Waals surface area contributed by atoms with Crippen LogP contribution in [0.2, 0.25) is 0 Å². The number of hydrogen-bond acceptors (Lipinski definition) is 6. The van der Waals surface area contributed by atoms with Crippen molar-refractivity contribution in [2.24, 2.45) is 7.05 Å². The molecule has 1 amide bonds. The number of amides is 1. The van der Waals surface area contributed by atoms with Gasteiger partial charge in [0.2, 0.25) is 0 Å². The summed E-state index contributed by atoms with van der Waals surface area (Å²) in [7, 11) is 3.51. The van der Waals surface area contributed by atoms with Crippen LogP contribution in [0.25, 0.3) is 0 Å². The Labute approximate surface area is 188 Å². The molecule has 0 fully saturated rings. The van der Waals surface area contributed by atoms with E-state index in [0.717, 1.165) is 9.63 Å². The van der Waals surface area contributed by atoms with E-state index < -0.39 is 0 Å². The average Bonchev–Trinajstić information content (AvgIpc) is 3.12. The molecule has 158 valence electrons. The number of para-hydroxylation sites is 2. The summed E-state index contributed by atoms with van der Waals surface area (Å²) in [6.07, 6.45) is 0. The Kier molecular flexibility index (Phi) is 7.75. The second kappa shape index (κ2) is 10.5. The van der Waals surface area contributed by atoms with Gasteiger partial charge >= 0.3 is 0 Å². The number of methoxy groups -OCH3 is 1. The molecule has 30 heavy (non-hydrogen) atoms. The number of thioether (sulfide) groups is 1. The molecule has 0 saturated heterocycles. The Balaban J connectivity index is 1.55. The fraction of sp³-hybridized carbons (Fsp3) is 0.286. The van der Waals surface area contributed by atoms with E-state index in [0.29, 0.717) is 35.2 Å². The largest absolute Gasteiger partial charge is 0.493 e. The number of rotatable bonds is 9. The van der Waals surface area contributed by atoms with Crippen molar-refractivity contribution in [3.63, 3.8) is 0 Å². The van der Waals surface area contributed by atoms with E-state index >= 15 is 0 Å². The smallest absolute Gasteiger partial charge is 0.253 e. The topological polar surface area (TPSA) is 78.3 Å². The highest BCUT2D eigenvalue weighted by Crippen LogP contribution is 2.26. The second-order valence-corrected chi connectivity index (χ2v) is 8.34. The standard InChI is InChI=1S/C21H23BrN4O3S/c1-14(23-20(27)15-8-4-5-9-16(15)22)19-24-25-21(26(19)2)30-13-12-29-18-11-7-6-10-17(18)28-3/h4-11,14H,12-13H2,1-3H3,(H,23,27). The molecule has 1 N–H and O–H groups in total. The van der Waals surface area contributed by atoms with Crippen LogP contribution >= 0.6 is 27.7 Å². The minimum Gasteiger partial charge on any atom is -0.493 e. The van der Waals surface area contributed by atoms with Gasteiger partial charge in [-0.05, 0) is 47.1 Å². The van der Waals surface area contributed by atoms with Crippen LogP contribution in [-0.4, -0.2) is 40.1 Å². The molecule has 1 unspecified atom stereocenters. The van der Waals surface area contributed by atoms with Crippen molar-refractivity contribution in [3.05, 3.63) is 64.4 Å². The van der Waals surface area contributed by atoms with E-state index in [1.54, 1.807) is 13.2 Å². The summed E-state index contributed by atoms with van der Waals surface area (Å²) in [4.78, 5) is 12.5. The first-order chi connectivity index (χ1) is 14.5. The van der Waals surface area contributed by atoms with Gasteiger partial charge in [-0.15, -0.1) is 10.2 Å². The molecule has 7 nitrogen and oxygen atoms in total. The maximum atomic E-state index is 12.5. The highest BCUT2D eigenvalue weighted by atomic mass is 79.9. The van der Waals surface area contributed by atoms with Crippen molar-refractivity contribution in [1.29, 1.82) is 0 Å². The third kappa shape index (κ3) is 5.34. The molecule has 9 heteroatoms. The van der Waals surface area contributed by atoms with Gasteiger partial charge in [-0.2, -0.15) is 0 Å². The first kappa shape index (κ1) is 22.2. The molecule has 1 aromatic heterocycles. The average molecular weight is 491 g/mol. The first-order valence-electron chi connectivity index (χ1n) is 9.34. The van der Waals surface area contributed by atoms with E-state index in [9.17, 15) is 4.79 Å². The number of ether oxygens (including phenoxy) is 2. The van der Waals surface area contributed by atoms with E-state index in [1.807, 2.05) is 61.0 Å². The molecule has 3 rings (SSSR count). The van der Waals surface area contributed by atoms with Crippen molar-refractivity contribution in [2.45, 2.75) is 18.1 Å². The fourth-order valence-corrected chi connectivity index (χ4v) is 4.04. The van der Waals surface area contributed by atoms with E-state index in [-0.39, 0.29) is 11.9 Å². The van der Waals surface area contributed by atoms with Crippen molar-refractivity contribution in [2.75, 3.05) is 19.5 Å². The summed E-state index contributed by atoms with van der Waals surface area (Å²) < 4.78 is 13.7. The van der Waals surface area contributed by atoms with Gasteiger partial charge in [0.1, 0.15) is 0 Å². The van der Waals surface area contributed by atoms with Gasteiger partial charge in [0.05, 0.1) is 25.3 Å². The van der Waals surface area contributed by atoms with Crippen LogP contribution in [0.3, 0.4) is 0 Å². The first-order valence-corrected chi connectivity index (χ1v) is 11.1. The number of nitrogens with zero attached hydrogens (tertiary/aromatic N) is 3. The summed E-state index contributed by atoms with van der Waals surface area (Å²) in [6, 6.07) is 14.6. The number of aromatic nitrogens is 3. The summed E-state index contributed by atoms with van der Waals surface area (Å²) in [5, 5.41) is 12.2. The van der Waals surface area contributed by atoms with Crippen LogP contribution < -0.4 is 14.8 Å². The number of halogens is 1. The summed E-state index contributed by atoms with van der Waals surface area (Å²) in [5.74, 6) is 2.63. The monoisotopic (exact) mass is 490 g/mol. The van der Waals surface area contributed by atoms with E-state index in [2.05, 4.69) is 31.4 Å². The number of carbonyl (C=O) groups is 1. The van der Waals surface area contributed by atoms with E-state index in [1.165, 1.54) is 11.8 Å². The Morgan fingerprint density at radius 3 is 2.60 bits per heavy atom. The zero-order chi connectivity index (χ0) is 21.5. The molecule has 0 aliphatic carbocycles. The normalized spacial score (nSPS) is 11.7. The number of nitrogens with one attached hydrogen (secondary N) is 1. The summed E-state index contributed by atoms with van der Waals surface area (Å²) >= 11 is 4.94. The molecule has 0 radical (unpaired) electrons. The van der Waals surface area contributed by atoms with Crippen molar-refractivity contribution >= 4 is 33.6 Å². The Bertz CT molecular complexity index is 1010. The molecule has 3 aromatic rings. The summed E-state index contributed by atoms with van der Waals surface area (Å²) in [5.41, 5.74) is 0.578. The SMILES string of the molecule is COc1ccccc1OCCSc1nnc(C(C)NC(=O)c2ccccc2Br)n1C. The van der Waals surface area contributed by atoms with Gasteiger partial charge in [-0.1, -0.05) is 36.0 Å². The highest BCUT2D eigenvalue weighted by Gasteiger charge is 2.19. The molecule has 0 aliphatic rings. The lowest BCUT2D eigenvalue weighted by Gasteiger charge is -2.14. The van der Waals surface area contributed by atoms with Crippen LogP contribution in [0.15, 0.2) is 58.2 Å². The summed E-state index contributed by atoms with van der Waals surface area (Å²) in [6.45, 7) is 2.39. The molecule has 0 saturated carbocycles. The second-order valence-electron chi connectivity index (χ2n) is 6.42. The van der Waals surface area contributed by atoms with Gasteiger partial charge in [0.15, 0.2) is 22.5 Å². The van der Waals surface area contributed by atoms with Crippen LogP contribution in [0.5, 0.6) is 11.5 Å². The highest BCUT2D eigenvalue weighted by molar-refractivity contribution is 9.10. The molecule has 0 spiro atoms. The molecule has 1 atom stereocenters. The quantitative estimate of drug-likeness (QED) is 0.356. The van der Waals surface area contributed by atoms with Gasteiger partial charge in [-0.25, -0.2) is 0 Å². The lowest BCUT2D eigenvalue weighted by Crippen LogP contribution is -2.28. The van der Waals surface area contributed by atoms with Gasteiger partial charge in [0, 0.05) is 17.3 Å². The van der Waals surface area contributed by atoms with Crippen LogP contribution in [0, 0.1) is 0 Å². The Hall–Kier alpha value is -2.52. The fourth-order valence-electron chi connectivity index (χ4n) is 2.84. The van der Waals surface area contributed by atoms with Crippen LogP contribution in [-0.2, 0) is 7.05 Å². The predicted molar refractivity (Wildman–Crippen MR) is 120 cm³/mol. The Morgan fingerprint density at radius 1 is 1.17 bits per heavy atom. The molecular weight excluding hydrogens is 468 g/mol. The van der Waals surface area contributed by atoms with Crippen molar-refractivity contribution < 1.29 is 14.3 Å². The lowest BCUT2D eigenvalue weighted by molar-refractivity contribution is 0.0937. The number of benzene rings is 2. The van der Waals surface area contributed by atoms with Gasteiger partial charge < -0.3 is 19.4 Å². The molecule has 0 aliphatic heterocycles. The third-order valence-corrected chi connectivity index (χ3v) is 6.04. The van der Waals surface area contributed by atoms with Crippen LogP contribution in [0.1, 0.15) is 29.1 Å². The zero-order valence-electron chi connectivity index (χ0n) is 17.0. The van der Waals surface area contributed by atoms with Gasteiger partial charge in [0.25, 0.3) is 5.91 Å². The minimum absolute atomic E-state index is 0.169. The zero-order valence-corrected chi connectivity index (χ0v) is 19.4. The number of carbonyl (C=O) groups excluding carboxylic acids is 1. The van der Waals surface area contributed by atoms with Gasteiger partial charge in [-0.3, -0.25) is 4.79 Å². The molecule has 0 bridgehead atoms. The maximum Gasteiger partial charge on any atom is 0.253 e. The minimum atomic E-state index is -0.290. The molecular formula is C21H23BrN4O3S. The van der Waals surface area contributed by atoms with E-state index in [4.69, 9.17) is 9.47 Å². The van der Waals surface area contributed by atoms with Crippen LogP contribution in [0.4, 0.5) is 0 Å². The third-order valence-electron chi connectivity index (χ3n) is 4.36. The molecule has 2 aromatic carbocycles. The Morgan fingerprint density at radius 2 is 1.87 bits per heavy atom. The number of hydrogen-bond donors (Lipinski definition) is 1.